The zero-order valence-corrected chi connectivity index (χ0v) is 16.2. The number of amides is 2. The van der Waals surface area contributed by atoms with Crippen LogP contribution in [0.3, 0.4) is 0 Å². The molecule has 0 aliphatic rings. The number of halogens is 1. The summed E-state index contributed by atoms with van der Waals surface area (Å²) in [5.41, 5.74) is 1.25. The van der Waals surface area contributed by atoms with Crippen LogP contribution in [-0.4, -0.2) is 32.0 Å². The normalized spacial score (nSPS) is 10.8. The minimum absolute atomic E-state index is 0.0457. The monoisotopic (exact) mass is 404 g/mol. The lowest BCUT2D eigenvalue weighted by Crippen LogP contribution is -2.18. The molecule has 140 valence electrons. The second kappa shape index (κ2) is 8.28. The molecule has 2 amide bonds. The SMILES string of the molecule is CC(C)C(=O)Nc1nc(CC(=O)Nc2n[nH]c(-c3ccccc3Cl)n2)cs1. The van der Waals surface area contributed by atoms with Gasteiger partial charge in [0.05, 0.1) is 17.1 Å². The first kappa shape index (κ1) is 19.0. The Hall–Kier alpha value is -2.78. The van der Waals surface area contributed by atoms with Crippen LogP contribution in [0.2, 0.25) is 5.02 Å². The number of H-pyrrole nitrogens is 1. The number of carbonyl (C=O) groups is 2. The molecule has 0 unspecified atom stereocenters. The van der Waals surface area contributed by atoms with Crippen molar-refractivity contribution in [2.24, 2.45) is 5.92 Å². The summed E-state index contributed by atoms with van der Waals surface area (Å²) in [7, 11) is 0. The highest BCUT2D eigenvalue weighted by atomic mass is 35.5. The van der Waals surface area contributed by atoms with Crippen LogP contribution in [0, 0.1) is 5.92 Å². The molecule has 3 rings (SSSR count). The molecule has 1 aromatic carbocycles. The Morgan fingerprint density at radius 1 is 1.22 bits per heavy atom. The van der Waals surface area contributed by atoms with Crippen molar-refractivity contribution >= 4 is 45.8 Å². The van der Waals surface area contributed by atoms with Crippen LogP contribution in [0.15, 0.2) is 29.6 Å². The first-order valence-corrected chi connectivity index (χ1v) is 9.40. The van der Waals surface area contributed by atoms with Crippen LogP contribution in [0.25, 0.3) is 11.4 Å². The van der Waals surface area contributed by atoms with Gasteiger partial charge in [-0.1, -0.05) is 37.6 Å². The van der Waals surface area contributed by atoms with E-state index in [4.69, 9.17) is 11.6 Å². The number of nitrogens with zero attached hydrogens (tertiary/aromatic N) is 3. The molecule has 0 saturated heterocycles. The van der Waals surface area contributed by atoms with E-state index >= 15 is 0 Å². The van der Waals surface area contributed by atoms with Crippen molar-refractivity contribution in [3.8, 4) is 11.4 Å². The van der Waals surface area contributed by atoms with Gasteiger partial charge in [-0.3, -0.25) is 20.0 Å². The fraction of sp³-hybridized carbons (Fsp3) is 0.235. The van der Waals surface area contributed by atoms with Crippen LogP contribution in [-0.2, 0) is 16.0 Å². The lowest BCUT2D eigenvalue weighted by molar-refractivity contribution is -0.119. The summed E-state index contributed by atoms with van der Waals surface area (Å²) in [6.07, 6.45) is 0.0457. The van der Waals surface area contributed by atoms with E-state index in [1.165, 1.54) is 11.3 Å². The molecule has 8 nitrogen and oxygen atoms in total. The predicted octanol–water partition coefficient (Wildman–Crippen LogP) is 3.36. The minimum atomic E-state index is -0.313. The number of aromatic amines is 1. The Kier molecular flexibility index (Phi) is 5.82. The Bertz CT molecular complexity index is 968. The number of carbonyl (C=O) groups excluding carboxylic acids is 2. The predicted molar refractivity (Wildman–Crippen MR) is 105 cm³/mol. The van der Waals surface area contributed by atoms with Gasteiger partial charge in [0.2, 0.25) is 17.8 Å². The third kappa shape index (κ3) is 4.89. The molecule has 0 spiro atoms. The molecule has 2 aromatic heterocycles. The highest BCUT2D eigenvalue weighted by Crippen LogP contribution is 2.25. The van der Waals surface area contributed by atoms with Crippen LogP contribution in [0.1, 0.15) is 19.5 Å². The molecule has 0 saturated carbocycles. The summed E-state index contributed by atoms with van der Waals surface area (Å²) >= 11 is 7.40. The summed E-state index contributed by atoms with van der Waals surface area (Å²) in [5.74, 6) is 0.0420. The van der Waals surface area contributed by atoms with E-state index < -0.39 is 0 Å². The van der Waals surface area contributed by atoms with Gasteiger partial charge in [-0.25, -0.2) is 4.98 Å². The van der Waals surface area contributed by atoms with Crippen molar-refractivity contribution in [2.75, 3.05) is 10.6 Å². The average Bonchev–Trinajstić information content (AvgIpc) is 3.25. The molecule has 0 bridgehead atoms. The van der Waals surface area contributed by atoms with Gasteiger partial charge in [0, 0.05) is 16.9 Å². The zero-order valence-electron chi connectivity index (χ0n) is 14.6. The maximum atomic E-state index is 12.2. The van der Waals surface area contributed by atoms with Crippen molar-refractivity contribution in [3.05, 3.63) is 40.4 Å². The smallest absolute Gasteiger partial charge is 0.249 e. The summed E-state index contributed by atoms with van der Waals surface area (Å²) in [6.45, 7) is 3.59. The number of aromatic nitrogens is 4. The summed E-state index contributed by atoms with van der Waals surface area (Å²) < 4.78 is 0. The fourth-order valence-electron chi connectivity index (χ4n) is 2.12. The summed E-state index contributed by atoms with van der Waals surface area (Å²) in [4.78, 5) is 32.3. The van der Waals surface area contributed by atoms with E-state index in [2.05, 4.69) is 30.8 Å². The van der Waals surface area contributed by atoms with Crippen molar-refractivity contribution in [1.82, 2.24) is 20.2 Å². The molecule has 3 aromatic rings. The topological polar surface area (TPSA) is 113 Å². The molecule has 3 N–H and O–H groups in total. The standard InChI is InChI=1S/C17H17ClN6O2S/c1-9(2)15(26)22-17-19-10(8-27-17)7-13(25)20-16-21-14(23-24-16)11-5-3-4-6-12(11)18/h3-6,8-9H,7H2,1-2H3,(H,19,22,26)(H2,20,21,23,24,25). The molecular weight excluding hydrogens is 388 g/mol. The number of rotatable bonds is 6. The van der Waals surface area contributed by atoms with E-state index in [1.54, 1.807) is 31.4 Å². The van der Waals surface area contributed by atoms with E-state index in [0.29, 0.717) is 27.2 Å². The quantitative estimate of drug-likeness (QED) is 0.583. The molecule has 0 radical (unpaired) electrons. The number of hydrogen-bond donors (Lipinski definition) is 3. The number of anilines is 2. The van der Waals surface area contributed by atoms with E-state index in [1.807, 2.05) is 12.1 Å². The highest BCUT2D eigenvalue weighted by molar-refractivity contribution is 7.13. The maximum Gasteiger partial charge on any atom is 0.249 e. The van der Waals surface area contributed by atoms with Crippen LogP contribution >= 0.6 is 22.9 Å². The number of hydrogen-bond acceptors (Lipinski definition) is 6. The summed E-state index contributed by atoms with van der Waals surface area (Å²) in [6, 6.07) is 7.20. The Morgan fingerprint density at radius 3 is 2.74 bits per heavy atom. The van der Waals surface area contributed by atoms with Crippen molar-refractivity contribution in [1.29, 1.82) is 0 Å². The lowest BCUT2D eigenvalue weighted by atomic mass is 10.2. The fourth-order valence-corrected chi connectivity index (χ4v) is 3.06. The zero-order chi connectivity index (χ0) is 19.4. The molecule has 27 heavy (non-hydrogen) atoms. The number of benzene rings is 1. The second-order valence-electron chi connectivity index (χ2n) is 6.00. The molecule has 10 heteroatoms. The van der Waals surface area contributed by atoms with E-state index in [-0.39, 0.29) is 30.1 Å². The highest BCUT2D eigenvalue weighted by Gasteiger charge is 2.14. The molecule has 0 aliphatic heterocycles. The molecule has 0 fully saturated rings. The molecule has 0 atom stereocenters. The third-order valence-corrected chi connectivity index (χ3v) is 4.65. The Labute approximate surface area is 164 Å². The number of thiazole rings is 1. The lowest BCUT2D eigenvalue weighted by Gasteiger charge is -2.03. The van der Waals surface area contributed by atoms with Gasteiger partial charge >= 0.3 is 0 Å². The van der Waals surface area contributed by atoms with Gasteiger partial charge < -0.3 is 5.32 Å². The largest absolute Gasteiger partial charge is 0.302 e. The first-order valence-electron chi connectivity index (χ1n) is 8.15. The van der Waals surface area contributed by atoms with Crippen molar-refractivity contribution in [2.45, 2.75) is 20.3 Å². The second-order valence-corrected chi connectivity index (χ2v) is 7.27. The van der Waals surface area contributed by atoms with Gasteiger partial charge in [0.15, 0.2) is 11.0 Å². The molecule has 2 heterocycles. The van der Waals surface area contributed by atoms with E-state index in [0.717, 1.165) is 0 Å². The average molecular weight is 405 g/mol. The van der Waals surface area contributed by atoms with Gasteiger partial charge in [-0.15, -0.1) is 16.4 Å². The third-order valence-electron chi connectivity index (χ3n) is 3.51. The van der Waals surface area contributed by atoms with Crippen LogP contribution in [0.4, 0.5) is 11.1 Å². The van der Waals surface area contributed by atoms with E-state index in [9.17, 15) is 9.59 Å². The van der Waals surface area contributed by atoms with Gasteiger partial charge in [0.25, 0.3) is 0 Å². The minimum Gasteiger partial charge on any atom is -0.302 e. The maximum absolute atomic E-state index is 12.2. The van der Waals surface area contributed by atoms with Gasteiger partial charge in [0.1, 0.15) is 0 Å². The Morgan fingerprint density at radius 2 is 2.00 bits per heavy atom. The molecule has 0 aliphatic carbocycles. The van der Waals surface area contributed by atoms with Gasteiger partial charge in [-0.2, -0.15) is 4.98 Å². The van der Waals surface area contributed by atoms with Crippen LogP contribution in [0.5, 0.6) is 0 Å². The Balaban J connectivity index is 1.60. The summed E-state index contributed by atoms with van der Waals surface area (Å²) in [5, 5.41) is 14.8. The number of nitrogens with one attached hydrogen (secondary N) is 3. The van der Waals surface area contributed by atoms with Crippen molar-refractivity contribution in [3.63, 3.8) is 0 Å². The van der Waals surface area contributed by atoms with Crippen molar-refractivity contribution < 1.29 is 9.59 Å². The van der Waals surface area contributed by atoms with Gasteiger partial charge in [-0.05, 0) is 12.1 Å². The molecular formula is C17H17ClN6O2S. The van der Waals surface area contributed by atoms with Crippen LogP contribution < -0.4 is 10.6 Å². The first-order chi connectivity index (χ1) is 12.9.